The molecule has 0 aliphatic heterocycles. The number of hydrogen-bond donors (Lipinski definition) is 0. The molecular formula is C46H41N. The molecule has 0 spiro atoms. The van der Waals surface area contributed by atoms with Gasteiger partial charge in [-0.2, -0.15) is 0 Å². The minimum atomic E-state index is 0.448. The minimum Gasteiger partial charge on any atom is -0.311 e. The lowest BCUT2D eigenvalue weighted by atomic mass is 9.48. The summed E-state index contributed by atoms with van der Waals surface area (Å²) in [6, 6.07) is 57.9. The van der Waals surface area contributed by atoms with Crippen molar-refractivity contribution in [3.05, 3.63) is 163 Å². The molecule has 0 atom stereocenters. The zero-order valence-corrected chi connectivity index (χ0v) is 26.9. The fourth-order valence-corrected chi connectivity index (χ4v) is 9.60. The third-order valence-electron chi connectivity index (χ3n) is 11.5. The summed E-state index contributed by atoms with van der Waals surface area (Å²) in [6.07, 6.45) is 8.74. The Hall–Kier alpha value is -4.88. The van der Waals surface area contributed by atoms with E-state index in [4.69, 9.17) is 0 Å². The summed E-state index contributed by atoms with van der Waals surface area (Å²) in [4.78, 5) is 2.36. The van der Waals surface area contributed by atoms with E-state index in [1.54, 1.807) is 5.56 Å². The van der Waals surface area contributed by atoms with Crippen LogP contribution in [0.2, 0.25) is 0 Å². The molecule has 4 fully saturated rings. The van der Waals surface area contributed by atoms with E-state index in [-0.39, 0.29) is 0 Å². The molecule has 1 nitrogen and oxygen atoms in total. The normalized spacial score (nSPS) is 22.7. The molecule has 0 unspecified atom stereocenters. The summed E-state index contributed by atoms with van der Waals surface area (Å²) in [5.74, 6) is 2.92. The number of hydrogen-bond acceptors (Lipinski definition) is 1. The molecule has 6 aromatic carbocycles. The molecule has 0 heterocycles. The van der Waals surface area contributed by atoms with Gasteiger partial charge >= 0.3 is 0 Å². The first kappa shape index (κ1) is 28.4. The van der Waals surface area contributed by atoms with Gasteiger partial charge in [0, 0.05) is 17.1 Å². The van der Waals surface area contributed by atoms with E-state index in [9.17, 15) is 0 Å². The molecule has 0 saturated heterocycles. The van der Waals surface area contributed by atoms with E-state index in [0.29, 0.717) is 5.41 Å². The van der Waals surface area contributed by atoms with Gasteiger partial charge < -0.3 is 4.90 Å². The topological polar surface area (TPSA) is 3.24 Å². The highest BCUT2D eigenvalue weighted by molar-refractivity contribution is 5.81. The molecule has 230 valence electrons. The maximum Gasteiger partial charge on any atom is 0.0462 e. The first-order valence-electron chi connectivity index (χ1n) is 17.5. The zero-order valence-electron chi connectivity index (χ0n) is 26.9. The van der Waals surface area contributed by atoms with E-state index >= 15 is 0 Å². The summed E-state index contributed by atoms with van der Waals surface area (Å²) < 4.78 is 0. The van der Waals surface area contributed by atoms with Gasteiger partial charge in [0.05, 0.1) is 0 Å². The second-order valence-electron chi connectivity index (χ2n) is 14.5. The van der Waals surface area contributed by atoms with Crippen LogP contribution in [0.1, 0.15) is 44.1 Å². The molecule has 4 aliphatic rings. The minimum absolute atomic E-state index is 0.448. The molecule has 0 N–H and O–H groups in total. The Morgan fingerprint density at radius 2 is 0.638 bits per heavy atom. The standard InChI is InChI=1S/C46H41N/c1-3-7-36(8-4-1)39-13-21-43(22-14-39)47(44-23-15-40(16-24-44)37-9-5-2-6-10-37)45-25-17-41(18-26-45)38-11-19-42(20-12-38)46-30-33-27-34(31-46)29-35(28-33)32-46/h1-26,33-35H,27-32H2. The van der Waals surface area contributed by atoms with E-state index in [1.165, 1.54) is 71.9 Å². The SMILES string of the molecule is c1ccc(-c2ccc(N(c3ccc(-c4ccccc4)cc3)c3ccc(-c4ccc(C56CC7CC(CC(C7)C5)C6)cc4)cc3)cc2)cc1. The van der Waals surface area contributed by atoms with Crippen LogP contribution in [0, 0.1) is 17.8 Å². The van der Waals surface area contributed by atoms with Crippen molar-refractivity contribution in [1.82, 2.24) is 0 Å². The van der Waals surface area contributed by atoms with Crippen LogP contribution < -0.4 is 4.90 Å². The molecule has 6 aromatic rings. The Morgan fingerprint density at radius 1 is 0.340 bits per heavy atom. The lowest BCUT2D eigenvalue weighted by Crippen LogP contribution is -2.48. The smallest absolute Gasteiger partial charge is 0.0462 e. The van der Waals surface area contributed by atoms with Crippen molar-refractivity contribution >= 4 is 17.1 Å². The lowest BCUT2D eigenvalue weighted by molar-refractivity contribution is -0.00518. The second-order valence-corrected chi connectivity index (χ2v) is 14.5. The second kappa shape index (κ2) is 11.7. The van der Waals surface area contributed by atoms with E-state index in [0.717, 1.165) is 34.8 Å². The van der Waals surface area contributed by atoms with Crippen LogP contribution in [0.4, 0.5) is 17.1 Å². The van der Waals surface area contributed by atoms with Crippen molar-refractivity contribution in [1.29, 1.82) is 0 Å². The quantitative estimate of drug-likeness (QED) is 0.174. The van der Waals surface area contributed by atoms with Crippen LogP contribution in [-0.2, 0) is 5.41 Å². The Bertz CT molecular complexity index is 1840. The maximum atomic E-state index is 2.46. The average molecular weight is 608 g/mol. The van der Waals surface area contributed by atoms with Crippen LogP contribution in [0.15, 0.2) is 158 Å². The van der Waals surface area contributed by atoms with Crippen LogP contribution in [0.5, 0.6) is 0 Å². The predicted octanol–water partition coefficient (Wildman–Crippen LogP) is 12.6. The third-order valence-corrected chi connectivity index (χ3v) is 11.5. The van der Waals surface area contributed by atoms with Crippen LogP contribution in [-0.4, -0.2) is 0 Å². The van der Waals surface area contributed by atoms with Gasteiger partial charge in [0.25, 0.3) is 0 Å². The largest absolute Gasteiger partial charge is 0.311 e. The highest BCUT2D eigenvalue weighted by Gasteiger charge is 2.51. The van der Waals surface area contributed by atoms with Gasteiger partial charge in [0.15, 0.2) is 0 Å². The van der Waals surface area contributed by atoms with Gasteiger partial charge in [-0.1, -0.05) is 121 Å². The fraction of sp³-hybridized carbons (Fsp3) is 0.217. The van der Waals surface area contributed by atoms with Crippen LogP contribution >= 0.6 is 0 Å². The molecule has 47 heavy (non-hydrogen) atoms. The van der Waals surface area contributed by atoms with E-state index < -0.39 is 0 Å². The van der Waals surface area contributed by atoms with Crippen molar-refractivity contribution in [2.75, 3.05) is 4.90 Å². The first-order valence-corrected chi connectivity index (χ1v) is 17.5. The monoisotopic (exact) mass is 607 g/mol. The van der Waals surface area contributed by atoms with Crippen molar-refractivity contribution < 1.29 is 0 Å². The Kier molecular flexibility index (Phi) is 7.08. The third kappa shape index (κ3) is 5.38. The molecule has 4 saturated carbocycles. The summed E-state index contributed by atoms with van der Waals surface area (Å²) >= 11 is 0. The van der Waals surface area contributed by atoms with Crippen LogP contribution in [0.25, 0.3) is 33.4 Å². The summed E-state index contributed by atoms with van der Waals surface area (Å²) in [7, 11) is 0. The Balaban J connectivity index is 1.02. The van der Waals surface area contributed by atoms with E-state index in [1.807, 2.05) is 0 Å². The molecule has 4 bridgehead atoms. The zero-order chi connectivity index (χ0) is 31.2. The van der Waals surface area contributed by atoms with E-state index in [2.05, 4.69) is 163 Å². The highest BCUT2D eigenvalue weighted by Crippen LogP contribution is 2.60. The van der Waals surface area contributed by atoms with Gasteiger partial charge in [-0.25, -0.2) is 0 Å². The molecular weight excluding hydrogens is 567 g/mol. The number of nitrogens with zero attached hydrogens (tertiary/aromatic N) is 1. The molecule has 4 aliphatic carbocycles. The molecule has 0 aromatic heterocycles. The van der Waals surface area contributed by atoms with Gasteiger partial charge in [-0.15, -0.1) is 0 Å². The van der Waals surface area contributed by atoms with Crippen LogP contribution in [0.3, 0.4) is 0 Å². The first-order chi connectivity index (χ1) is 23.2. The van der Waals surface area contributed by atoms with Gasteiger partial charge in [0.1, 0.15) is 0 Å². The fourth-order valence-electron chi connectivity index (χ4n) is 9.60. The van der Waals surface area contributed by atoms with Gasteiger partial charge in [0.2, 0.25) is 0 Å². The summed E-state index contributed by atoms with van der Waals surface area (Å²) in [6.45, 7) is 0. The number of benzene rings is 6. The van der Waals surface area contributed by atoms with Gasteiger partial charge in [-0.05, 0) is 137 Å². The summed E-state index contributed by atoms with van der Waals surface area (Å²) in [5.41, 5.74) is 13.0. The number of anilines is 3. The highest BCUT2D eigenvalue weighted by atomic mass is 15.1. The lowest BCUT2D eigenvalue weighted by Gasteiger charge is -2.57. The van der Waals surface area contributed by atoms with Crippen molar-refractivity contribution in [2.45, 2.75) is 43.9 Å². The summed E-state index contributed by atoms with van der Waals surface area (Å²) in [5, 5.41) is 0. The average Bonchev–Trinajstić information content (AvgIpc) is 3.13. The van der Waals surface area contributed by atoms with Crippen molar-refractivity contribution in [2.24, 2.45) is 17.8 Å². The Labute approximate surface area is 279 Å². The maximum absolute atomic E-state index is 2.46. The number of rotatable bonds is 7. The molecule has 0 radical (unpaired) electrons. The Morgan fingerprint density at radius 3 is 0.979 bits per heavy atom. The van der Waals surface area contributed by atoms with Crippen molar-refractivity contribution in [3.8, 4) is 33.4 Å². The van der Waals surface area contributed by atoms with Gasteiger partial charge in [-0.3, -0.25) is 0 Å². The predicted molar refractivity (Wildman–Crippen MR) is 197 cm³/mol. The van der Waals surface area contributed by atoms with Crippen molar-refractivity contribution in [3.63, 3.8) is 0 Å². The molecule has 0 amide bonds. The molecule has 10 rings (SSSR count). The molecule has 1 heteroatoms.